The minimum Gasteiger partial charge on any atom is -0.465 e. The van der Waals surface area contributed by atoms with Gasteiger partial charge in [-0.2, -0.15) is 11.3 Å². The first-order valence-corrected chi connectivity index (χ1v) is 7.81. The summed E-state index contributed by atoms with van der Waals surface area (Å²) in [5.41, 5.74) is -0.199. The van der Waals surface area contributed by atoms with Crippen molar-refractivity contribution < 1.29 is 14.6 Å². The van der Waals surface area contributed by atoms with Crippen LogP contribution in [-0.4, -0.2) is 29.7 Å². The number of halogens is 1. The van der Waals surface area contributed by atoms with Crippen LogP contribution < -0.4 is 5.32 Å². The highest BCUT2D eigenvalue weighted by Crippen LogP contribution is 2.29. The molecule has 8 heteroatoms. The number of hydrogen-bond acceptors (Lipinski definition) is 7. The van der Waals surface area contributed by atoms with Gasteiger partial charge in [0.05, 0.1) is 7.11 Å². The van der Waals surface area contributed by atoms with Gasteiger partial charge in [-0.05, 0) is 29.3 Å². The molecule has 2 aromatic heterocycles. The monoisotopic (exact) mass is 332 g/mol. The van der Waals surface area contributed by atoms with E-state index in [9.17, 15) is 9.90 Å². The van der Waals surface area contributed by atoms with Gasteiger partial charge in [0.2, 0.25) is 0 Å². The van der Waals surface area contributed by atoms with E-state index in [-0.39, 0.29) is 16.6 Å². The summed E-state index contributed by atoms with van der Waals surface area (Å²) in [7, 11) is 1.28. The Morgan fingerprint density at radius 3 is 3.00 bits per heavy atom. The lowest BCUT2D eigenvalue weighted by Crippen LogP contribution is -2.30. The summed E-state index contributed by atoms with van der Waals surface area (Å²) in [5.74, 6) is -0.523. The molecule has 0 saturated heterocycles. The van der Waals surface area contributed by atoms with Crippen LogP contribution in [0, 0.1) is 0 Å². The largest absolute Gasteiger partial charge is 0.465 e. The number of anilines is 1. The van der Waals surface area contributed by atoms with Gasteiger partial charge in [-0.3, -0.25) is 0 Å². The standard InChI is InChI=1S/C12H13ClN2O3S2/c1-12(17,7-3-4-19-5-7)6-14-11-15-9(13)8(20-11)10(16)18-2/h3-5,17H,6H2,1-2H3,(H,14,15). The number of esters is 1. The second-order valence-electron chi connectivity index (χ2n) is 4.27. The normalized spacial score (nSPS) is 13.8. The molecule has 0 amide bonds. The number of carbonyl (C=O) groups is 1. The first kappa shape index (κ1) is 15.2. The zero-order chi connectivity index (χ0) is 14.8. The van der Waals surface area contributed by atoms with Crippen molar-refractivity contribution in [2.24, 2.45) is 0 Å². The van der Waals surface area contributed by atoms with Crippen LogP contribution >= 0.6 is 34.3 Å². The Balaban J connectivity index is 2.06. The number of aromatic nitrogens is 1. The molecule has 5 nitrogen and oxygen atoms in total. The minimum absolute atomic E-state index is 0.0968. The Morgan fingerprint density at radius 1 is 1.65 bits per heavy atom. The van der Waals surface area contributed by atoms with Crippen molar-refractivity contribution in [1.29, 1.82) is 0 Å². The molecule has 0 radical (unpaired) electrons. The fourth-order valence-electron chi connectivity index (χ4n) is 1.52. The number of aliphatic hydroxyl groups is 1. The van der Waals surface area contributed by atoms with E-state index in [1.165, 1.54) is 18.4 Å². The number of nitrogens with zero attached hydrogens (tertiary/aromatic N) is 1. The third-order valence-corrected chi connectivity index (χ3v) is 4.75. The van der Waals surface area contributed by atoms with Crippen molar-refractivity contribution in [2.45, 2.75) is 12.5 Å². The second kappa shape index (κ2) is 6.09. The number of rotatable bonds is 5. The molecule has 1 unspecified atom stereocenters. The number of ether oxygens (including phenoxy) is 1. The van der Waals surface area contributed by atoms with Gasteiger partial charge in [0.15, 0.2) is 15.2 Å². The van der Waals surface area contributed by atoms with Crippen molar-refractivity contribution in [3.05, 3.63) is 32.4 Å². The number of thiazole rings is 1. The van der Waals surface area contributed by atoms with E-state index in [2.05, 4.69) is 15.0 Å². The Labute approximate surface area is 129 Å². The maximum absolute atomic E-state index is 11.4. The molecule has 0 aliphatic carbocycles. The molecule has 0 fully saturated rings. The molecule has 20 heavy (non-hydrogen) atoms. The Kier molecular flexibility index (Phi) is 4.64. The average Bonchev–Trinajstić information content (AvgIpc) is 3.05. The molecule has 0 spiro atoms. The fraction of sp³-hybridized carbons (Fsp3) is 0.333. The van der Waals surface area contributed by atoms with Crippen molar-refractivity contribution in [1.82, 2.24) is 4.98 Å². The molecule has 2 heterocycles. The lowest BCUT2D eigenvalue weighted by atomic mass is 10.00. The third-order valence-electron chi connectivity index (χ3n) is 2.68. The van der Waals surface area contributed by atoms with E-state index in [0.29, 0.717) is 5.13 Å². The molecule has 0 saturated carbocycles. The van der Waals surface area contributed by atoms with Gasteiger partial charge in [0, 0.05) is 6.54 Å². The highest BCUT2D eigenvalue weighted by atomic mass is 35.5. The zero-order valence-corrected chi connectivity index (χ0v) is 13.2. The van der Waals surface area contributed by atoms with E-state index >= 15 is 0 Å². The molecule has 0 aliphatic heterocycles. The van der Waals surface area contributed by atoms with Crippen LogP contribution in [0.4, 0.5) is 5.13 Å². The van der Waals surface area contributed by atoms with Gasteiger partial charge in [0.25, 0.3) is 0 Å². The molecule has 1 atom stereocenters. The van der Waals surface area contributed by atoms with Crippen molar-refractivity contribution in [2.75, 3.05) is 19.0 Å². The third kappa shape index (κ3) is 3.29. The first-order chi connectivity index (χ1) is 9.44. The molecule has 0 aromatic carbocycles. The van der Waals surface area contributed by atoms with Crippen LogP contribution in [0.3, 0.4) is 0 Å². The van der Waals surface area contributed by atoms with E-state index < -0.39 is 11.6 Å². The molecule has 0 bridgehead atoms. The molecule has 2 aromatic rings. The topological polar surface area (TPSA) is 71.5 Å². The smallest absolute Gasteiger partial charge is 0.351 e. The van der Waals surface area contributed by atoms with E-state index in [4.69, 9.17) is 11.6 Å². The molecular formula is C12H13ClN2O3S2. The van der Waals surface area contributed by atoms with E-state index in [0.717, 1.165) is 16.9 Å². The summed E-state index contributed by atoms with van der Waals surface area (Å²) in [6, 6.07) is 1.86. The lowest BCUT2D eigenvalue weighted by Gasteiger charge is -2.22. The molecular weight excluding hydrogens is 320 g/mol. The van der Waals surface area contributed by atoms with Crippen molar-refractivity contribution in [3.63, 3.8) is 0 Å². The maximum atomic E-state index is 11.4. The summed E-state index contributed by atoms with van der Waals surface area (Å²) in [5, 5.41) is 17.7. The summed E-state index contributed by atoms with van der Waals surface area (Å²) < 4.78 is 4.61. The Bertz CT molecular complexity index is 596. The SMILES string of the molecule is COC(=O)c1sc(NCC(C)(O)c2ccsc2)nc1Cl. The quantitative estimate of drug-likeness (QED) is 0.824. The number of nitrogens with one attached hydrogen (secondary N) is 1. The minimum atomic E-state index is -1.02. The number of methoxy groups -OCH3 is 1. The Hall–Kier alpha value is -1.15. The number of hydrogen-bond donors (Lipinski definition) is 2. The summed E-state index contributed by atoms with van der Waals surface area (Å²) in [6.45, 7) is 1.96. The van der Waals surface area contributed by atoms with Crippen LogP contribution in [0.1, 0.15) is 22.2 Å². The molecule has 0 aliphatic rings. The second-order valence-corrected chi connectivity index (χ2v) is 6.41. The van der Waals surface area contributed by atoms with Gasteiger partial charge in [-0.15, -0.1) is 0 Å². The highest BCUT2D eigenvalue weighted by molar-refractivity contribution is 7.18. The van der Waals surface area contributed by atoms with Gasteiger partial charge >= 0.3 is 5.97 Å². The van der Waals surface area contributed by atoms with E-state index in [1.807, 2.05) is 16.8 Å². The average molecular weight is 333 g/mol. The van der Waals surface area contributed by atoms with Gasteiger partial charge in [-0.25, -0.2) is 9.78 Å². The highest BCUT2D eigenvalue weighted by Gasteiger charge is 2.24. The molecule has 2 rings (SSSR count). The van der Waals surface area contributed by atoms with Crippen LogP contribution in [0.15, 0.2) is 16.8 Å². The summed E-state index contributed by atoms with van der Waals surface area (Å²) >= 11 is 8.48. The van der Waals surface area contributed by atoms with Crippen LogP contribution in [0.25, 0.3) is 0 Å². The number of carbonyl (C=O) groups excluding carboxylic acids is 1. The predicted molar refractivity (Wildman–Crippen MR) is 80.8 cm³/mol. The van der Waals surface area contributed by atoms with Gasteiger partial charge in [-0.1, -0.05) is 22.9 Å². The lowest BCUT2D eigenvalue weighted by molar-refractivity contribution is 0.0606. The van der Waals surface area contributed by atoms with Crippen molar-refractivity contribution >= 4 is 45.4 Å². The van der Waals surface area contributed by atoms with Gasteiger partial charge < -0.3 is 15.2 Å². The zero-order valence-electron chi connectivity index (χ0n) is 10.8. The van der Waals surface area contributed by atoms with Gasteiger partial charge in [0.1, 0.15) is 5.60 Å². The fourth-order valence-corrected chi connectivity index (χ4v) is 3.40. The number of thiophene rings is 1. The molecule has 2 N–H and O–H groups in total. The van der Waals surface area contributed by atoms with Crippen molar-refractivity contribution in [3.8, 4) is 0 Å². The summed E-state index contributed by atoms with van der Waals surface area (Å²) in [6.07, 6.45) is 0. The van der Waals surface area contributed by atoms with Crippen LogP contribution in [0.2, 0.25) is 5.15 Å². The Morgan fingerprint density at radius 2 is 2.40 bits per heavy atom. The predicted octanol–water partition coefficient (Wildman–Crippen LogP) is 2.96. The first-order valence-electron chi connectivity index (χ1n) is 5.67. The van der Waals surface area contributed by atoms with E-state index in [1.54, 1.807) is 6.92 Å². The van der Waals surface area contributed by atoms with Crippen LogP contribution in [0.5, 0.6) is 0 Å². The molecule has 108 valence electrons. The summed E-state index contributed by atoms with van der Waals surface area (Å²) in [4.78, 5) is 15.7. The van der Waals surface area contributed by atoms with Crippen LogP contribution in [-0.2, 0) is 10.3 Å². The maximum Gasteiger partial charge on any atom is 0.351 e.